The number of hydrogen-bond acceptors (Lipinski definition) is 3. The number of nitrogens with zero attached hydrogens (tertiary/aromatic N) is 4. The minimum atomic E-state index is -0.626. The molecule has 0 fully saturated rings. The maximum atomic E-state index is 14.3. The van der Waals surface area contributed by atoms with Crippen molar-refractivity contribution in [3.8, 4) is 17.3 Å². The highest BCUT2D eigenvalue weighted by Crippen LogP contribution is 2.33. The van der Waals surface area contributed by atoms with Crippen LogP contribution in [0.25, 0.3) is 11.3 Å². The van der Waals surface area contributed by atoms with Gasteiger partial charge in [0.25, 0.3) is 0 Å². The fourth-order valence-corrected chi connectivity index (χ4v) is 4.05. The third-order valence-electron chi connectivity index (χ3n) is 5.66. The molecule has 2 aromatic carbocycles. The third-order valence-corrected chi connectivity index (χ3v) is 5.66. The standard InChI is InChI=1S/C25H24F2N4O/c1-25(2,3)24(32)30-10-9-22-20(15-30)23(17-6-4-5-16(11-17)13-28)29-31(22)14-18-7-8-19(26)12-21(18)27/h4-8,11-12H,9-10,14-15H2,1-3H3. The second-order valence-electron chi connectivity index (χ2n) is 9.09. The molecule has 1 aromatic heterocycles. The molecule has 0 radical (unpaired) electrons. The molecule has 2 heterocycles. The summed E-state index contributed by atoms with van der Waals surface area (Å²) in [5.74, 6) is -1.20. The van der Waals surface area contributed by atoms with Crippen molar-refractivity contribution in [2.24, 2.45) is 5.41 Å². The molecule has 7 heteroatoms. The van der Waals surface area contributed by atoms with Crippen LogP contribution in [-0.2, 0) is 24.3 Å². The number of nitriles is 1. The van der Waals surface area contributed by atoms with Crippen LogP contribution in [0.1, 0.15) is 43.2 Å². The highest BCUT2D eigenvalue weighted by molar-refractivity contribution is 5.82. The van der Waals surface area contributed by atoms with Crippen molar-refractivity contribution in [3.63, 3.8) is 0 Å². The zero-order valence-electron chi connectivity index (χ0n) is 18.3. The number of carbonyl (C=O) groups is 1. The number of hydrogen-bond donors (Lipinski definition) is 0. The topological polar surface area (TPSA) is 61.9 Å². The van der Waals surface area contributed by atoms with Gasteiger partial charge in [-0.3, -0.25) is 9.48 Å². The first-order chi connectivity index (χ1) is 15.2. The van der Waals surface area contributed by atoms with Crippen LogP contribution in [0.15, 0.2) is 42.5 Å². The summed E-state index contributed by atoms with van der Waals surface area (Å²) in [6, 6.07) is 12.8. The molecule has 0 atom stereocenters. The first-order valence-electron chi connectivity index (χ1n) is 10.5. The fourth-order valence-electron chi connectivity index (χ4n) is 4.05. The van der Waals surface area contributed by atoms with Crippen LogP contribution in [0.3, 0.4) is 0 Å². The molecule has 5 nitrogen and oxygen atoms in total. The Morgan fingerprint density at radius 1 is 1.19 bits per heavy atom. The first-order valence-corrected chi connectivity index (χ1v) is 10.5. The van der Waals surface area contributed by atoms with E-state index in [0.717, 1.165) is 22.9 Å². The van der Waals surface area contributed by atoms with Gasteiger partial charge >= 0.3 is 0 Å². The van der Waals surface area contributed by atoms with Crippen molar-refractivity contribution in [3.05, 3.63) is 76.5 Å². The summed E-state index contributed by atoms with van der Waals surface area (Å²) in [6.45, 7) is 6.76. The number of carbonyl (C=O) groups excluding carboxylic acids is 1. The Morgan fingerprint density at radius 3 is 2.66 bits per heavy atom. The lowest BCUT2D eigenvalue weighted by Crippen LogP contribution is -2.42. The lowest BCUT2D eigenvalue weighted by atomic mass is 9.92. The second-order valence-corrected chi connectivity index (χ2v) is 9.09. The van der Waals surface area contributed by atoms with E-state index < -0.39 is 17.0 Å². The zero-order chi connectivity index (χ0) is 23.0. The van der Waals surface area contributed by atoms with Crippen molar-refractivity contribution in [2.75, 3.05) is 6.54 Å². The van der Waals surface area contributed by atoms with Gasteiger partial charge in [-0.15, -0.1) is 0 Å². The molecule has 0 saturated heterocycles. The molecule has 0 saturated carbocycles. The van der Waals surface area contributed by atoms with Crippen molar-refractivity contribution in [1.82, 2.24) is 14.7 Å². The lowest BCUT2D eigenvalue weighted by Gasteiger charge is -2.33. The molecule has 1 aliphatic rings. The smallest absolute Gasteiger partial charge is 0.228 e. The highest BCUT2D eigenvalue weighted by Gasteiger charge is 2.33. The van der Waals surface area contributed by atoms with Crippen molar-refractivity contribution >= 4 is 5.91 Å². The van der Waals surface area contributed by atoms with E-state index in [1.807, 2.05) is 31.7 Å². The van der Waals surface area contributed by atoms with E-state index in [4.69, 9.17) is 5.10 Å². The molecular formula is C25H24F2N4O. The van der Waals surface area contributed by atoms with Gasteiger partial charge in [-0.25, -0.2) is 8.78 Å². The van der Waals surface area contributed by atoms with Crippen LogP contribution in [0, 0.1) is 28.4 Å². The molecule has 32 heavy (non-hydrogen) atoms. The van der Waals surface area contributed by atoms with E-state index in [2.05, 4.69) is 6.07 Å². The van der Waals surface area contributed by atoms with Crippen LogP contribution in [0.5, 0.6) is 0 Å². The summed E-state index contributed by atoms with van der Waals surface area (Å²) in [5, 5.41) is 14.1. The van der Waals surface area contributed by atoms with Gasteiger partial charge in [0.2, 0.25) is 5.91 Å². The van der Waals surface area contributed by atoms with Gasteiger partial charge in [0, 0.05) is 53.4 Å². The number of amides is 1. The fraction of sp³-hybridized carbons (Fsp3) is 0.320. The second kappa shape index (κ2) is 8.19. The summed E-state index contributed by atoms with van der Waals surface area (Å²) in [4.78, 5) is 14.7. The number of benzene rings is 2. The van der Waals surface area contributed by atoms with Gasteiger partial charge in [-0.05, 0) is 18.2 Å². The number of aromatic nitrogens is 2. The summed E-state index contributed by atoms with van der Waals surface area (Å²) in [5.41, 5.74) is 3.59. The minimum absolute atomic E-state index is 0.0530. The number of fused-ring (bicyclic) bond motifs is 1. The SMILES string of the molecule is CC(C)(C)C(=O)N1CCc2c(c(-c3cccc(C#N)c3)nn2Cc2ccc(F)cc2F)C1. The van der Waals surface area contributed by atoms with Gasteiger partial charge in [0.15, 0.2) is 0 Å². The van der Waals surface area contributed by atoms with Gasteiger partial charge in [-0.2, -0.15) is 10.4 Å². The van der Waals surface area contributed by atoms with Crippen molar-refractivity contribution in [1.29, 1.82) is 5.26 Å². The Labute approximate surface area is 185 Å². The van der Waals surface area contributed by atoms with Gasteiger partial charge in [0.05, 0.1) is 23.9 Å². The molecule has 1 aliphatic heterocycles. The summed E-state index contributed by atoms with van der Waals surface area (Å²) in [7, 11) is 0. The molecule has 0 spiro atoms. The van der Waals surface area contributed by atoms with Crippen LogP contribution in [-0.4, -0.2) is 27.1 Å². The van der Waals surface area contributed by atoms with Crippen LogP contribution >= 0.6 is 0 Å². The molecule has 0 N–H and O–H groups in total. The Bertz CT molecular complexity index is 1230. The largest absolute Gasteiger partial charge is 0.337 e. The van der Waals surface area contributed by atoms with E-state index in [-0.39, 0.29) is 12.5 Å². The maximum Gasteiger partial charge on any atom is 0.228 e. The first kappa shape index (κ1) is 21.7. The van der Waals surface area contributed by atoms with Crippen LogP contribution in [0.4, 0.5) is 8.78 Å². The lowest BCUT2D eigenvalue weighted by molar-refractivity contribution is -0.140. The summed E-state index contributed by atoms with van der Waals surface area (Å²) in [6.07, 6.45) is 0.574. The zero-order valence-corrected chi connectivity index (χ0v) is 18.3. The van der Waals surface area contributed by atoms with E-state index in [0.29, 0.717) is 36.3 Å². The third kappa shape index (κ3) is 4.13. The average Bonchev–Trinajstić information content (AvgIpc) is 3.12. The molecule has 1 amide bonds. The monoisotopic (exact) mass is 434 g/mol. The Hall–Kier alpha value is -3.53. The van der Waals surface area contributed by atoms with E-state index in [9.17, 15) is 18.8 Å². The summed E-state index contributed by atoms with van der Waals surface area (Å²) < 4.78 is 29.4. The molecule has 0 bridgehead atoms. The van der Waals surface area contributed by atoms with E-state index in [1.54, 1.807) is 22.9 Å². The van der Waals surface area contributed by atoms with Crippen molar-refractivity contribution in [2.45, 2.75) is 40.3 Å². The maximum absolute atomic E-state index is 14.3. The Kier molecular flexibility index (Phi) is 5.55. The predicted molar refractivity (Wildman–Crippen MR) is 116 cm³/mol. The highest BCUT2D eigenvalue weighted by atomic mass is 19.1. The Morgan fingerprint density at radius 2 is 1.97 bits per heavy atom. The quantitative estimate of drug-likeness (QED) is 0.601. The van der Waals surface area contributed by atoms with Crippen LogP contribution in [0.2, 0.25) is 0 Å². The Balaban J connectivity index is 1.79. The molecule has 3 aromatic rings. The van der Waals surface area contributed by atoms with Crippen molar-refractivity contribution < 1.29 is 13.6 Å². The molecule has 0 aliphatic carbocycles. The molecular weight excluding hydrogens is 410 g/mol. The predicted octanol–water partition coefficient (Wildman–Crippen LogP) is 4.68. The van der Waals surface area contributed by atoms with E-state index in [1.165, 1.54) is 12.1 Å². The van der Waals surface area contributed by atoms with Gasteiger partial charge < -0.3 is 4.90 Å². The van der Waals surface area contributed by atoms with Gasteiger partial charge in [-0.1, -0.05) is 39.0 Å². The minimum Gasteiger partial charge on any atom is -0.337 e. The number of halogens is 2. The molecule has 0 unspecified atom stereocenters. The summed E-state index contributed by atoms with van der Waals surface area (Å²) >= 11 is 0. The normalized spacial score (nSPS) is 13.6. The van der Waals surface area contributed by atoms with Crippen LogP contribution < -0.4 is 0 Å². The van der Waals surface area contributed by atoms with Gasteiger partial charge in [0.1, 0.15) is 11.6 Å². The molecule has 4 rings (SSSR count). The average molecular weight is 434 g/mol. The molecule has 164 valence electrons. The van der Waals surface area contributed by atoms with E-state index >= 15 is 0 Å². The number of rotatable bonds is 3.